The van der Waals surface area contributed by atoms with Crippen molar-refractivity contribution in [3.05, 3.63) is 102 Å². The summed E-state index contributed by atoms with van der Waals surface area (Å²) in [7, 11) is 0. The van der Waals surface area contributed by atoms with Gasteiger partial charge in [-0.25, -0.2) is 9.37 Å². The molecule has 4 rings (SSSR count). The van der Waals surface area contributed by atoms with Gasteiger partial charge in [0.1, 0.15) is 18.2 Å². The number of imidazole rings is 1. The molecule has 174 valence electrons. The number of aryl methyl sites for hydroxylation is 1. The number of pyridine rings is 1. The van der Waals surface area contributed by atoms with E-state index >= 15 is 0 Å². The molecule has 2 heterocycles. The molecule has 8 heteroatoms. The lowest BCUT2D eigenvalue weighted by Crippen LogP contribution is -2.23. The maximum absolute atomic E-state index is 14.6. The van der Waals surface area contributed by atoms with Gasteiger partial charge in [-0.1, -0.05) is 12.1 Å². The third-order valence-corrected chi connectivity index (χ3v) is 5.17. The van der Waals surface area contributed by atoms with Crippen molar-refractivity contribution in [1.29, 1.82) is 0 Å². The highest BCUT2D eigenvalue weighted by Gasteiger charge is 2.13. The van der Waals surface area contributed by atoms with Crippen LogP contribution >= 0.6 is 0 Å². The molecular formula is C26H25FN4O3. The monoisotopic (exact) mass is 460 g/mol. The van der Waals surface area contributed by atoms with Gasteiger partial charge in [-0.3, -0.25) is 9.78 Å². The standard InChI is InChI=1S/C26H25FN4O3/c1-3-33-25-14-21(7-9-24(25)34-17-20-5-4-10-28-15-20)26(32)30-16-19-6-8-23(22(27)13-19)31-12-11-29-18(31)2/h4-15H,3,16-17H2,1-2H3,(H,30,32). The maximum atomic E-state index is 14.6. The van der Waals surface area contributed by atoms with Crippen molar-refractivity contribution in [2.45, 2.75) is 27.0 Å². The van der Waals surface area contributed by atoms with Crippen LogP contribution in [-0.4, -0.2) is 27.0 Å². The Bertz CT molecular complexity index is 1270. The lowest BCUT2D eigenvalue weighted by atomic mass is 10.1. The third-order valence-electron chi connectivity index (χ3n) is 5.17. The topological polar surface area (TPSA) is 78.3 Å². The second kappa shape index (κ2) is 10.6. The first kappa shape index (κ1) is 23.0. The van der Waals surface area contributed by atoms with Crippen LogP contribution in [0.1, 0.15) is 34.2 Å². The van der Waals surface area contributed by atoms with E-state index in [9.17, 15) is 9.18 Å². The van der Waals surface area contributed by atoms with Gasteiger partial charge < -0.3 is 19.4 Å². The van der Waals surface area contributed by atoms with Crippen molar-refractivity contribution >= 4 is 5.91 Å². The molecule has 0 saturated carbocycles. The fraction of sp³-hybridized carbons (Fsp3) is 0.192. The van der Waals surface area contributed by atoms with E-state index in [-0.39, 0.29) is 18.3 Å². The summed E-state index contributed by atoms with van der Waals surface area (Å²) in [6.45, 7) is 4.61. The lowest BCUT2D eigenvalue weighted by Gasteiger charge is -2.14. The molecule has 0 bridgehead atoms. The lowest BCUT2D eigenvalue weighted by molar-refractivity contribution is 0.0950. The van der Waals surface area contributed by atoms with Crippen molar-refractivity contribution in [2.24, 2.45) is 0 Å². The van der Waals surface area contributed by atoms with Crippen molar-refractivity contribution in [1.82, 2.24) is 19.9 Å². The Morgan fingerprint density at radius 1 is 1.06 bits per heavy atom. The zero-order valence-electron chi connectivity index (χ0n) is 19.0. The Morgan fingerprint density at radius 3 is 2.65 bits per heavy atom. The Hall–Kier alpha value is -4.20. The molecule has 7 nitrogen and oxygen atoms in total. The second-order valence-electron chi connectivity index (χ2n) is 7.56. The molecule has 0 fully saturated rings. The molecule has 0 spiro atoms. The van der Waals surface area contributed by atoms with Gasteiger partial charge in [-0.15, -0.1) is 0 Å². The minimum absolute atomic E-state index is 0.183. The number of aromatic nitrogens is 3. The maximum Gasteiger partial charge on any atom is 0.251 e. The molecule has 0 atom stereocenters. The van der Waals surface area contributed by atoms with Gasteiger partial charge in [0.2, 0.25) is 0 Å². The number of hydrogen-bond donors (Lipinski definition) is 1. The van der Waals surface area contributed by atoms with Gasteiger partial charge in [0.25, 0.3) is 5.91 Å². The number of hydrogen-bond acceptors (Lipinski definition) is 5. The Labute approximate surface area is 197 Å². The van der Waals surface area contributed by atoms with Crippen LogP contribution in [0.25, 0.3) is 5.69 Å². The third kappa shape index (κ3) is 5.40. The van der Waals surface area contributed by atoms with E-state index < -0.39 is 0 Å². The van der Waals surface area contributed by atoms with E-state index in [1.807, 2.05) is 19.1 Å². The molecule has 1 N–H and O–H groups in total. The quantitative estimate of drug-likeness (QED) is 0.394. The molecule has 0 aliphatic heterocycles. The first-order valence-electron chi connectivity index (χ1n) is 10.9. The minimum Gasteiger partial charge on any atom is -0.490 e. The van der Waals surface area contributed by atoms with Crippen molar-refractivity contribution in [3.63, 3.8) is 0 Å². The van der Waals surface area contributed by atoms with Crippen LogP contribution in [0.4, 0.5) is 4.39 Å². The van der Waals surface area contributed by atoms with Crippen LogP contribution < -0.4 is 14.8 Å². The summed E-state index contributed by atoms with van der Waals surface area (Å²) < 4.78 is 27.8. The molecular weight excluding hydrogens is 435 g/mol. The van der Waals surface area contributed by atoms with Gasteiger partial charge in [0.15, 0.2) is 11.5 Å². The number of benzene rings is 2. The summed E-state index contributed by atoms with van der Waals surface area (Å²) in [5.41, 5.74) is 2.40. The number of amides is 1. The summed E-state index contributed by atoms with van der Waals surface area (Å²) in [6.07, 6.45) is 6.75. The number of carbonyl (C=O) groups excluding carboxylic acids is 1. The molecule has 0 unspecified atom stereocenters. The largest absolute Gasteiger partial charge is 0.490 e. The van der Waals surface area contributed by atoms with Crippen molar-refractivity contribution < 1.29 is 18.7 Å². The van der Waals surface area contributed by atoms with Crippen LogP contribution in [0.15, 0.2) is 73.3 Å². The van der Waals surface area contributed by atoms with Gasteiger partial charge in [-0.2, -0.15) is 0 Å². The van der Waals surface area contributed by atoms with Crippen LogP contribution in [0, 0.1) is 12.7 Å². The number of nitrogens with one attached hydrogen (secondary N) is 1. The van der Waals surface area contributed by atoms with Crippen molar-refractivity contribution in [2.75, 3.05) is 6.61 Å². The SMILES string of the molecule is CCOc1cc(C(=O)NCc2ccc(-n3ccnc3C)c(F)c2)ccc1OCc1cccnc1. The Kier molecular flexibility index (Phi) is 7.17. The average molecular weight is 461 g/mol. The van der Waals surface area contributed by atoms with E-state index in [2.05, 4.69) is 15.3 Å². The first-order chi connectivity index (χ1) is 16.5. The fourth-order valence-electron chi connectivity index (χ4n) is 3.45. The molecule has 34 heavy (non-hydrogen) atoms. The highest BCUT2D eigenvalue weighted by Crippen LogP contribution is 2.29. The number of ether oxygens (including phenoxy) is 2. The van der Waals surface area contributed by atoms with Gasteiger partial charge in [0, 0.05) is 42.5 Å². The average Bonchev–Trinajstić information content (AvgIpc) is 3.28. The molecule has 1 amide bonds. The Morgan fingerprint density at radius 2 is 1.94 bits per heavy atom. The first-order valence-corrected chi connectivity index (χ1v) is 10.9. The summed E-state index contributed by atoms with van der Waals surface area (Å²) >= 11 is 0. The van der Waals surface area contributed by atoms with Crippen LogP contribution in [0.3, 0.4) is 0 Å². The zero-order chi connectivity index (χ0) is 23.9. The number of nitrogens with zero attached hydrogens (tertiary/aromatic N) is 3. The Balaban J connectivity index is 1.42. The zero-order valence-corrected chi connectivity index (χ0v) is 19.0. The van der Waals surface area contributed by atoms with E-state index in [0.717, 1.165) is 5.56 Å². The number of rotatable bonds is 9. The van der Waals surface area contributed by atoms with Crippen LogP contribution in [0.2, 0.25) is 0 Å². The molecule has 2 aromatic heterocycles. The van der Waals surface area contributed by atoms with E-state index in [1.165, 1.54) is 6.07 Å². The summed E-state index contributed by atoms with van der Waals surface area (Å²) in [5, 5.41) is 2.83. The molecule has 2 aromatic carbocycles. The molecule has 4 aromatic rings. The normalized spacial score (nSPS) is 10.7. The molecule has 0 aliphatic rings. The predicted octanol–water partition coefficient (Wildman–Crippen LogP) is 4.62. The second-order valence-corrected chi connectivity index (χ2v) is 7.56. The highest BCUT2D eigenvalue weighted by molar-refractivity contribution is 5.94. The fourth-order valence-corrected chi connectivity index (χ4v) is 3.45. The van der Waals surface area contributed by atoms with Gasteiger partial charge >= 0.3 is 0 Å². The summed E-state index contributed by atoms with van der Waals surface area (Å²) in [4.78, 5) is 20.9. The van der Waals surface area contributed by atoms with Gasteiger partial charge in [-0.05, 0) is 55.8 Å². The molecule has 0 saturated heterocycles. The van der Waals surface area contributed by atoms with Gasteiger partial charge in [0.05, 0.1) is 12.3 Å². The smallest absolute Gasteiger partial charge is 0.251 e. The summed E-state index contributed by atoms with van der Waals surface area (Å²) in [6, 6.07) is 13.6. The predicted molar refractivity (Wildman–Crippen MR) is 126 cm³/mol. The van der Waals surface area contributed by atoms with E-state index in [1.54, 1.807) is 66.6 Å². The molecule has 0 aliphatic carbocycles. The molecule has 0 radical (unpaired) electrons. The van der Waals surface area contributed by atoms with E-state index in [4.69, 9.17) is 9.47 Å². The number of halogens is 1. The van der Waals surface area contributed by atoms with Crippen LogP contribution in [-0.2, 0) is 13.2 Å². The summed E-state index contributed by atoms with van der Waals surface area (Å²) in [5.74, 6) is 1.02. The van der Waals surface area contributed by atoms with E-state index in [0.29, 0.717) is 47.4 Å². The number of carbonyl (C=O) groups is 1. The minimum atomic E-state index is -0.387. The van der Waals surface area contributed by atoms with Crippen molar-refractivity contribution in [3.8, 4) is 17.2 Å². The highest BCUT2D eigenvalue weighted by atomic mass is 19.1. The van der Waals surface area contributed by atoms with Crippen LogP contribution in [0.5, 0.6) is 11.5 Å².